The molecule has 1 amide bonds. The highest BCUT2D eigenvalue weighted by atomic mass is 32.1. The molecule has 0 aliphatic heterocycles. The average Bonchev–Trinajstić information content (AvgIpc) is 2.57. The summed E-state index contributed by atoms with van der Waals surface area (Å²) in [4.78, 5) is 25.1. The van der Waals surface area contributed by atoms with Crippen molar-refractivity contribution in [2.24, 2.45) is 5.92 Å². The summed E-state index contributed by atoms with van der Waals surface area (Å²) in [6, 6.07) is 0.0785. The van der Waals surface area contributed by atoms with Crippen LogP contribution in [0.4, 0.5) is 13.2 Å². The van der Waals surface area contributed by atoms with Gasteiger partial charge in [0.1, 0.15) is 10.7 Å². The first-order valence-corrected chi connectivity index (χ1v) is 9.70. The van der Waals surface area contributed by atoms with Crippen LogP contribution in [-0.4, -0.2) is 53.6 Å². The Balaban J connectivity index is 3.35. The molecule has 1 unspecified atom stereocenters. The Kier molecular flexibility index (Phi) is 9.28. The van der Waals surface area contributed by atoms with Crippen molar-refractivity contribution in [3.63, 3.8) is 0 Å². The van der Waals surface area contributed by atoms with Crippen molar-refractivity contribution >= 4 is 24.1 Å². The molecular weight excluding hydrogens is 407 g/mol. The first-order chi connectivity index (χ1) is 13.3. The van der Waals surface area contributed by atoms with Crippen molar-refractivity contribution in [2.75, 3.05) is 27.2 Å². The number of hydrogen-bond donors (Lipinski definition) is 2. The number of carboxylic acid groups (broad SMARTS) is 1. The molecule has 0 aliphatic rings. The number of nitrogens with zero attached hydrogens (tertiary/aromatic N) is 2. The highest BCUT2D eigenvalue weighted by molar-refractivity contribution is 7.71. The van der Waals surface area contributed by atoms with E-state index >= 15 is 0 Å². The number of pyridine rings is 1. The zero-order valence-electron chi connectivity index (χ0n) is 17.0. The van der Waals surface area contributed by atoms with Gasteiger partial charge in [-0.05, 0) is 44.5 Å². The van der Waals surface area contributed by atoms with Crippen molar-refractivity contribution in [2.45, 2.75) is 45.3 Å². The Morgan fingerprint density at radius 1 is 1.31 bits per heavy atom. The highest BCUT2D eigenvalue weighted by Gasteiger charge is 2.34. The minimum Gasteiger partial charge on any atom is -0.481 e. The quantitative estimate of drug-likeness (QED) is 0.550. The number of carbonyl (C=O) groups excluding carboxylic acids is 1. The maximum atomic E-state index is 13.5. The van der Waals surface area contributed by atoms with Crippen LogP contribution in [0.15, 0.2) is 12.3 Å². The second-order valence-electron chi connectivity index (χ2n) is 7.59. The molecule has 0 aromatic carbocycles. The van der Waals surface area contributed by atoms with Gasteiger partial charge in [0, 0.05) is 19.3 Å². The fraction of sp³-hybridized carbons (Fsp3) is 0.632. The lowest BCUT2D eigenvalue weighted by atomic mass is 10.0. The van der Waals surface area contributed by atoms with Gasteiger partial charge in [0.15, 0.2) is 0 Å². The minimum absolute atomic E-state index is 0.0619. The molecule has 0 fully saturated rings. The van der Waals surface area contributed by atoms with E-state index in [1.807, 2.05) is 13.8 Å². The summed E-state index contributed by atoms with van der Waals surface area (Å²) < 4.78 is 41.8. The normalized spacial score (nSPS) is 13.0. The summed E-state index contributed by atoms with van der Waals surface area (Å²) in [5, 5.41) is 11.3. The van der Waals surface area contributed by atoms with Crippen LogP contribution >= 0.6 is 12.2 Å². The smallest absolute Gasteiger partial charge is 0.416 e. The molecule has 6 nitrogen and oxygen atoms in total. The Morgan fingerprint density at radius 3 is 2.41 bits per heavy atom. The lowest BCUT2D eigenvalue weighted by molar-refractivity contribution is -0.138. The number of hydrogen-bond acceptors (Lipinski definition) is 4. The number of likely N-dealkylation sites (N-methyl/N-ethyl adjacent to an activating group) is 1. The minimum atomic E-state index is -4.55. The number of nitrogens with one attached hydrogen (secondary N) is 1. The Hall–Kier alpha value is -1.94. The lowest BCUT2D eigenvalue weighted by Crippen LogP contribution is -2.35. The van der Waals surface area contributed by atoms with Gasteiger partial charge in [-0.2, -0.15) is 13.2 Å². The second kappa shape index (κ2) is 10.7. The molecule has 0 radical (unpaired) electrons. The van der Waals surface area contributed by atoms with Gasteiger partial charge in [-0.25, -0.2) is 0 Å². The Bertz CT molecular complexity index is 776. The molecule has 1 rings (SSSR count). The van der Waals surface area contributed by atoms with E-state index in [1.54, 1.807) is 19.0 Å². The first kappa shape index (κ1) is 25.1. The Labute approximate surface area is 173 Å². The van der Waals surface area contributed by atoms with Crippen LogP contribution in [0.3, 0.4) is 0 Å². The molecule has 1 aromatic heterocycles. The zero-order valence-corrected chi connectivity index (χ0v) is 17.9. The van der Waals surface area contributed by atoms with E-state index in [4.69, 9.17) is 17.3 Å². The maximum absolute atomic E-state index is 13.5. The van der Waals surface area contributed by atoms with Gasteiger partial charge in [0.2, 0.25) is 5.91 Å². The number of carboxylic acids is 1. The van der Waals surface area contributed by atoms with E-state index in [9.17, 15) is 22.8 Å². The molecule has 0 aliphatic carbocycles. The summed E-state index contributed by atoms with van der Waals surface area (Å²) in [6.45, 7) is 4.11. The monoisotopic (exact) mass is 435 g/mol. The van der Waals surface area contributed by atoms with Gasteiger partial charge < -0.3 is 19.9 Å². The standard InChI is InChI=1S/C19H28F3N3O3S/c1-12(2)9-15(18(28)23-7-5-17(26)27)25-11-13(6-8-24(3)4)14(10-16(25)29)19(20,21)22/h10-12,15H,5-9H2,1-4H3,(H,23,28)(H,26,27). The Morgan fingerprint density at radius 2 is 1.93 bits per heavy atom. The first-order valence-electron chi connectivity index (χ1n) is 9.29. The van der Waals surface area contributed by atoms with Crippen molar-refractivity contribution in [3.8, 4) is 0 Å². The van der Waals surface area contributed by atoms with Crippen molar-refractivity contribution < 1.29 is 27.9 Å². The van der Waals surface area contributed by atoms with Crippen molar-refractivity contribution in [1.82, 2.24) is 14.8 Å². The predicted molar refractivity (Wildman–Crippen MR) is 106 cm³/mol. The molecule has 1 atom stereocenters. The SMILES string of the molecule is CC(C)CC(C(=O)NCCC(=O)O)n1cc(CCN(C)C)c(C(F)(F)F)cc1=S. The fourth-order valence-electron chi connectivity index (χ4n) is 2.85. The van der Waals surface area contributed by atoms with Crippen molar-refractivity contribution in [1.29, 1.82) is 0 Å². The summed E-state index contributed by atoms with van der Waals surface area (Å²) in [5.74, 6) is -1.45. The van der Waals surface area contributed by atoms with E-state index in [0.29, 0.717) is 13.0 Å². The van der Waals surface area contributed by atoms with Crippen LogP contribution < -0.4 is 5.32 Å². The van der Waals surface area contributed by atoms with Gasteiger partial charge in [0.25, 0.3) is 0 Å². The van der Waals surface area contributed by atoms with Gasteiger partial charge in [0.05, 0.1) is 12.0 Å². The molecule has 0 bridgehead atoms. The second-order valence-corrected chi connectivity index (χ2v) is 8.01. The van der Waals surface area contributed by atoms with Gasteiger partial charge in [-0.15, -0.1) is 0 Å². The largest absolute Gasteiger partial charge is 0.481 e. The van der Waals surface area contributed by atoms with Crippen LogP contribution in [0, 0.1) is 10.6 Å². The van der Waals surface area contributed by atoms with E-state index in [0.717, 1.165) is 6.07 Å². The third-order valence-corrected chi connectivity index (χ3v) is 4.60. The van der Waals surface area contributed by atoms with E-state index in [1.165, 1.54) is 10.8 Å². The summed E-state index contributed by atoms with van der Waals surface area (Å²) in [6.07, 6.45) is -2.98. The number of alkyl halides is 3. The average molecular weight is 436 g/mol. The molecule has 0 saturated carbocycles. The molecule has 0 saturated heterocycles. The lowest BCUT2D eigenvalue weighted by Gasteiger charge is -2.24. The third-order valence-electron chi connectivity index (χ3n) is 4.27. The molecule has 1 aromatic rings. The molecule has 29 heavy (non-hydrogen) atoms. The van der Waals surface area contributed by atoms with E-state index < -0.39 is 29.7 Å². The molecular formula is C19H28F3N3O3S. The van der Waals surface area contributed by atoms with Crippen LogP contribution in [-0.2, 0) is 22.2 Å². The van der Waals surface area contributed by atoms with Crippen LogP contribution in [0.2, 0.25) is 0 Å². The number of aromatic nitrogens is 1. The van der Waals surface area contributed by atoms with Crippen LogP contribution in [0.25, 0.3) is 0 Å². The topological polar surface area (TPSA) is 74.6 Å². The number of amides is 1. The fourth-order valence-corrected chi connectivity index (χ4v) is 3.14. The van der Waals surface area contributed by atoms with Crippen LogP contribution in [0.1, 0.15) is 43.9 Å². The molecule has 0 spiro atoms. The molecule has 2 N–H and O–H groups in total. The van der Waals surface area contributed by atoms with E-state index in [-0.39, 0.29) is 35.5 Å². The van der Waals surface area contributed by atoms with Gasteiger partial charge in [-0.3, -0.25) is 9.59 Å². The molecule has 10 heteroatoms. The van der Waals surface area contributed by atoms with Crippen LogP contribution in [0.5, 0.6) is 0 Å². The summed E-state index contributed by atoms with van der Waals surface area (Å²) in [7, 11) is 3.53. The third kappa shape index (κ3) is 8.14. The number of aliphatic carboxylic acids is 1. The number of halogens is 3. The molecule has 1 heterocycles. The van der Waals surface area contributed by atoms with Gasteiger partial charge in [-0.1, -0.05) is 26.1 Å². The predicted octanol–water partition coefficient (Wildman–Crippen LogP) is 3.52. The van der Waals surface area contributed by atoms with Crippen molar-refractivity contribution in [3.05, 3.63) is 28.0 Å². The molecule has 164 valence electrons. The number of carbonyl (C=O) groups is 2. The van der Waals surface area contributed by atoms with E-state index in [2.05, 4.69) is 5.32 Å². The maximum Gasteiger partial charge on any atom is 0.416 e. The summed E-state index contributed by atoms with van der Waals surface area (Å²) >= 11 is 5.18. The highest BCUT2D eigenvalue weighted by Crippen LogP contribution is 2.33. The zero-order chi connectivity index (χ0) is 22.4. The summed E-state index contributed by atoms with van der Waals surface area (Å²) in [5.41, 5.74) is -0.734. The van der Waals surface area contributed by atoms with Gasteiger partial charge >= 0.3 is 12.1 Å². The number of rotatable bonds is 10.